The quantitative estimate of drug-likeness (QED) is 0.769. The first-order valence-corrected chi connectivity index (χ1v) is 6.16. The van der Waals surface area contributed by atoms with E-state index in [4.69, 9.17) is 27.9 Å². The van der Waals surface area contributed by atoms with Crippen molar-refractivity contribution in [3.8, 4) is 17.0 Å². The summed E-state index contributed by atoms with van der Waals surface area (Å²) in [5.41, 5.74) is -1.33. The lowest BCUT2D eigenvalue weighted by Crippen LogP contribution is -2.11. The van der Waals surface area contributed by atoms with Gasteiger partial charge in [-0.1, -0.05) is 29.3 Å². The molecule has 0 N–H and O–H groups in total. The van der Waals surface area contributed by atoms with Gasteiger partial charge in [0.15, 0.2) is 0 Å². The summed E-state index contributed by atoms with van der Waals surface area (Å²) in [6.07, 6.45) is -3.43. The van der Waals surface area contributed by atoms with Gasteiger partial charge in [-0.2, -0.15) is 13.2 Å². The zero-order valence-corrected chi connectivity index (χ0v) is 11.6. The smallest absolute Gasteiger partial charge is 0.422 e. The first-order chi connectivity index (χ1) is 9.36. The highest BCUT2D eigenvalue weighted by molar-refractivity contribution is 6.39. The Kier molecular flexibility index (Phi) is 4.11. The van der Waals surface area contributed by atoms with Crippen LogP contribution in [0, 0.1) is 0 Å². The standard InChI is InChI=1S/C13H8Cl2F3NO/c1-20-9-5-6-19-12(11(9)13(16,17)18)10-7(14)3-2-4-8(10)15/h2-6H,1H3. The number of ether oxygens (including phenoxy) is 1. The topological polar surface area (TPSA) is 22.1 Å². The Bertz CT molecular complexity index is 624. The number of benzene rings is 1. The van der Waals surface area contributed by atoms with Crippen LogP contribution in [0.3, 0.4) is 0 Å². The number of halogens is 5. The van der Waals surface area contributed by atoms with Gasteiger partial charge in [-0.25, -0.2) is 0 Å². The predicted molar refractivity (Wildman–Crippen MR) is 71.2 cm³/mol. The summed E-state index contributed by atoms with van der Waals surface area (Å²) in [5.74, 6) is -0.335. The third-order valence-electron chi connectivity index (χ3n) is 2.62. The normalized spacial score (nSPS) is 11.5. The molecule has 7 heteroatoms. The fraction of sp³-hybridized carbons (Fsp3) is 0.154. The van der Waals surface area contributed by atoms with E-state index in [0.717, 1.165) is 13.2 Å². The molecule has 2 nitrogen and oxygen atoms in total. The molecule has 0 aliphatic carbocycles. The minimum Gasteiger partial charge on any atom is -0.496 e. The van der Waals surface area contributed by atoms with Gasteiger partial charge in [0.25, 0.3) is 0 Å². The molecular formula is C13H8Cl2F3NO. The lowest BCUT2D eigenvalue weighted by Gasteiger charge is -2.17. The molecule has 2 rings (SSSR count). The van der Waals surface area contributed by atoms with E-state index in [1.807, 2.05) is 0 Å². The monoisotopic (exact) mass is 321 g/mol. The summed E-state index contributed by atoms with van der Waals surface area (Å²) < 4.78 is 44.5. The summed E-state index contributed by atoms with van der Waals surface area (Å²) in [4.78, 5) is 3.78. The van der Waals surface area contributed by atoms with Gasteiger partial charge < -0.3 is 4.74 Å². The van der Waals surface area contributed by atoms with E-state index >= 15 is 0 Å². The fourth-order valence-corrected chi connectivity index (χ4v) is 2.38. The highest BCUT2D eigenvalue weighted by atomic mass is 35.5. The average molecular weight is 322 g/mol. The van der Waals surface area contributed by atoms with Crippen molar-refractivity contribution >= 4 is 23.2 Å². The van der Waals surface area contributed by atoms with Gasteiger partial charge in [-0.3, -0.25) is 4.98 Å². The fourth-order valence-electron chi connectivity index (χ4n) is 1.80. The van der Waals surface area contributed by atoms with E-state index in [0.29, 0.717) is 0 Å². The van der Waals surface area contributed by atoms with Crippen molar-refractivity contribution in [1.82, 2.24) is 4.98 Å². The minimum absolute atomic E-state index is 0.0297. The first kappa shape index (κ1) is 14.9. The van der Waals surface area contributed by atoms with Gasteiger partial charge in [0.2, 0.25) is 0 Å². The molecule has 0 saturated heterocycles. The van der Waals surface area contributed by atoms with E-state index in [2.05, 4.69) is 4.98 Å². The Hall–Kier alpha value is -1.46. The van der Waals surface area contributed by atoms with Crippen LogP contribution in [-0.4, -0.2) is 12.1 Å². The van der Waals surface area contributed by atoms with Crippen LogP contribution in [-0.2, 0) is 6.18 Å². The van der Waals surface area contributed by atoms with Crippen LogP contribution in [0.15, 0.2) is 30.5 Å². The van der Waals surface area contributed by atoms with Gasteiger partial charge in [-0.05, 0) is 18.2 Å². The maximum atomic E-state index is 13.2. The summed E-state index contributed by atoms with van der Waals surface area (Å²) in [6.45, 7) is 0. The second-order valence-electron chi connectivity index (χ2n) is 3.83. The Morgan fingerprint density at radius 2 is 1.70 bits per heavy atom. The van der Waals surface area contributed by atoms with Crippen LogP contribution in [0.2, 0.25) is 10.0 Å². The largest absolute Gasteiger partial charge is 0.496 e. The molecule has 0 bridgehead atoms. The molecule has 1 aromatic heterocycles. The summed E-state index contributed by atoms with van der Waals surface area (Å²) in [7, 11) is 1.16. The third-order valence-corrected chi connectivity index (χ3v) is 3.25. The van der Waals surface area contributed by atoms with Crippen LogP contribution in [0.4, 0.5) is 13.2 Å². The Morgan fingerprint density at radius 3 is 2.20 bits per heavy atom. The molecule has 0 amide bonds. The second-order valence-corrected chi connectivity index (χ2v) is 4.65. The van der Waals surface area contributed by atoms with Crippen LogP contribution in [0.25, 0.3) is 11.3 Å². The molecule has 106 valence electrons. The maximum absolute atomic E-state index is 13.2. The Labute approximate surface area is 123 Å². The van der Waals surface area contributed by atoms with Gasteiger partial charge in [0.05, 0.1) is 22.8 Å². The number of pyridine rings is 1. The molecule has 2 aromatic rings. The molecule has 0 aliphatic heterocycles. The number of methoxy groups -OCH3 is 1. The van der Waals surface area contributed by atoms with E-state index in [1.165, 1.54) is 18.3 Å². The molecule has 0 aliphatic rings. The number of aromatic nitrogens is 1. The molecule has 0 spiro atoms. The van der Waals surface area contributed by atoms with E-state index in [-0.39, 0.29) is 27.1 Å². The SMILES string of the molecule is COc1ccnc(-c2c(Cl)cccc2Cl)c1C(F)(F)F. The molecule has 1 aromatic carbocycles. The molecule has 0 atom stereocenters. The highest BCUT2D eigenvalue weighted by Gasteiger charge is 2.39. The van der Waals surface area contributed by atoms with E-state index < -0.39 is 11.7 Å². The van der Waals surface area contributed by atoms with Crippen molar-refractivity contribution in [2.45, 2.75) is 6.18 Å². The van der Waals surface area contributed by atoms with Gasteiger partial charge in [0, 0.05) is 11.8 Å². The number of nitrogens with zero attached hydrogens (tertiary/aromatic N) is 1. The van der Waals surface area contributed by atoms with E-state index in [9.17, 15) is 13.2 Å². The summed E-state index contributed by atoms with van der Waals surface area (Å²) >= 11 is 11.9. The van der Waals surface area contributed by atoms with E-state index in [1.54, 1.807) is 6.07 Å². The van der Waals surface area contributed by atoms with Gasteiger partial charge in [0.1, 0.15) is 11.3 Å². The summed E-state index contributed by atoms with van der Waals surface area (Å²) in [6, 6.07) is 5.58. The van der Waals surface area contributed by atoms with Crippen LogP contribution < -0.4 is 4.74 Å². The van der Waals surface area contributed by atoms with Crippen LogP contribution >= 0.6 is 23.2 Å². The van der Waals surface area contributed by atoms with Crippen molar-refractivity contribution in [1.29, 1.82) is 0 Å². The molecular weight excluding hydrogens is 314 g/mol. The maximum Gasteiger partial charge on any atom is 0.422 e. The number of hydrogen-bond donors (Lipinski definition) is 0. The molecule has 0 radical (unpaired) electrons. The van der Waals surface area contributed by atoms with Crippen molar-refractivity contribution < 1.29 is 17.9 Å². The zero-order valence-electron chi connectivity index (χ0n) is 10.1. The molecule has 20 heavy (non-hydrogen) atoms. The second kappa shape index (κ2) is 5.50. The molecule has 0 saturated carbocycles. The lowest BCUT2D eigenvalue weighted by molar-refractivity contribution is -0.138. The van der Waals surface area contributed by atoms with Crippen LogP contribution in [0.5, 0.6) is 5.75 Å². The zero-order chi connectivity index (χ0) is 14.9. The number of rotatable bonds is 2. The minimum atomic E-state index is -4.64. The molecule has 0 fully saturated rings. The average Bonchev–Trinajstić information content (AvgIpc) is 2.37. The Morgan fingerprint density at radius 1 is 1.10 bits per heavy atom. The lowest BCUT2D eigenvalue weighted by atomic mass is 10.0. The van der Waals surface area contributed by atoms with Gasteiger partial charge in [-0.15, -0.1) is 0 Å². The summed E-state index contributed by atoms with van der Waals surface area (Å²) in [5, 5.41) is 0.174. The van der Waals surface area contributed by atoms with Crippen molar-refractivity contribution in [2.24, 2.45) is 0 Å². The van der Waals surface area contributed by atoms with Crippen molar-refractivity contribution in [2.75, 3.05) is 7.11 Å². The third kappa shape index (κ3) is 2.69. The molecule has 0 unspecified atom stereocenters. The van der Waals surface area contributed by atoms with Gasteiger partial charge >= 0.3 is 6.18 Å². The Balaban J connectivity index is 2.82. The predicted octanol–water partition coefficient (Wildman–Crippen LogP) is 5.08. The first-order valence-electron chi connectivity index (χ1n) is 5.41. The number of hydrogen-bond acceptors (Lipinski definition) is 2. The number of alkyl halides is 3. The molecule has 1 heterocycles. The van der Waals surface area contributed by atoms with Crippen molar-refractivity contribution in [3.63, 3.8) is 0 Å². The van der Waals surface area contributed by atoms with Crippen molar-refractivity contribution in [3.05, 3.63) is 46.1 Å². The van der Waals surface area contributed by atoms with Crippen LogP contribution in [0.1, 0.15) is 5.56 Å². The highest BCUT2D eigenvalue weighted by Crippen LogP contribution is 2.45.